The number of carbonyl (C=O) groups is 2. The zero-order valence-electron chi connectivity index (χ0n) is 9.63. The van der Waals surface area contributed by atoms with Gasteiger partial charge in [-0.15, -0.1) is 0 Å². The quantitative estimate of drug-likeness (QED) is 0.351. The molecular formula is C8H12KNaO4. The summed E-state index contributed by atoms with van der Waals surface area (Å²) >= 11 is 0. The second kappa shape index (κ2) is 7.01. The fourth-order valence-corrected chi connectivity index (χ4v) is 0.696. The van der Waals surface area contributed by atoms with E-state index in [1.165, 1.54) is 20.8 Å². The van der Waals surface area contributed by atoms with Crippen molar-refractivity contribution in [1.82, 2.24) is 0 Å². The zero-order chi connectivity index (χ0) is 10.2. The molecule has 0 aliphatic carbocycles. The minimum Gasteiger partial charge on any atom is -0.549 e. The normalized spacial score (nSPS) is 10.9. The van der Waals surface area contributed by atoms with Crippen LogP contribution in [0.15, 0.2) is 0 Å². The Morgan fingerprint density at radius 2 is 1.14 bits per heavy atom. The molecule has 0 N–H and O–H groups in total. The first kappa shape index (κ1) is 20.9. The van der Waals surface area contributed by atoms with E-state index >= 15 is 0 Å². The van der Waals surface area contributed by atoms with Crippen molar-refractivity contribution >= 4 is 11.9 Å². The van der Waals surface area contributed by atoms with Gasteiger partial charge in [0.05, 0.1) is 17.4 Å². The first-order chi connectivity index (χ1) is 5.14. The van der Waals surface area contributed by atoms with Crippen LogP contribution in [0.25, 0.3) is 0 Å². The fourth-order valence-electron chi connectivity index (χ4n) is 0.696. The first-order valence-corrected chi connectivity index (χ1v) is 3.57. The van der Waals surface area contributed by atoms with Gasteiger partial charge in [0.25, 0.3) is 0 Å². The molecule has 0 aromatic heterocycles. The van der Waals surface area contributed by atoms with Gasteiger partial charge in [0.1, 0.15) is 0 Å². The minimum absolute atomic E-state index is 0. The van der Waals surface area contributed by atoms with Crippen LogP contribution in [0.3, 0.4) is 0 Å². The largest absolute Gasteiger partial charge is 1.00 e. The molecule has 0 aliphatic heterocycles. The molecule has 6 heteroatoms. The van der Waals surface area contributed by atoms with Gasteiger partial charge in [-0.2, -0.15) is 0 Å². The molecule has 0 rings (SSSR count). The molecule has 0 aromatic rings. The van der Waals surface area contributed by atoms with E-state index in [-0.39, 0.29) is 80.9 Å². The van der Waals surface area contributed by atoms with Crippen LogP contribution < -0.4 is 91.2 Å². The second-order valence-corrected chi connectivity index (χ2v) is 3.95. The van der Waals surface area contributed by atoms with E-state index in [1.54, 1.807) is 0 Å². The molecule has 0 spiro atoms. The summed E-state index contributed by atoms with van der Waals surface area (Å²) in [5.74, 6) is -3.23. The number of carbonyl (C=O) groups excluding carboxylic acids is 2. The molecule has 0 saturated carbocycles. The molecule has 14 heavy (non-hydrogen) atoms. The number of hydrogen-bond acceptors (Lipinski definition) is 4. The number of hydrogen-bond donors (Lipinski definition) is 0. The Bertz CT molecular complexity index is 208. The zero-order valence-corrected chi connectivity index (χ0v) is 14.8. The average Bonchev–Trinajstić information content (AvgIpc) is 1.82. The Balaban J connectivity index is -0.000000605. The molecule has 0 atom stereocenters. The van der Waals surface area contributed by atoms with Gasteiger partial charge in [0.15, 0.2) is 0 Å². The molecule has 0 fully saturated rings. The maximum Gasteiger partial charge on any atom is 1.00 e. The van der Waals surface area contributed by atoms with Gasteiger partial charge in [-0.05, 0) is 12.3 Å². The van der Waals surface area contributed by atoms with Crippen molar-refractivity contribution in [3.8, 4) is 0 Å². The van der Waals surface area contributed by atoms with Gasteiger partial charge in [-0.25, -0.2) is 0 Å². The molecule has 0 aromatic carbocycles. The van der Waals surface area contributed by atoms with Crippen molar-refractivity contribution in [1.29, 1.82) is 0 Å². The van der Waals surface area contributed by atoms with E-state index in [1.807, 2.05) is 0 Å². The third kappa shape index (κ3) is 4.21. The van der Waals surface area contributed by atoms with Crippen molar-refractivity contribution < 1.29 is 101 Å². The number of carboxylic acid groups (broad SMARTS) is 2. The van der Waals surface area contributed by atoms with Crippen LogP contribution in [-0.2, 0) is 9.59 Å². The van der Waals surface area contributed by atoms with Crippen LogP contribution in [-0.4, -0.2) is 11.9 Å². The van der Waals surface area contributed by atoms with E-state index in [4.69, 9.17) is 0 Å². The molecule has 0 bridgehead atoms. The van der Waals surface area contributed by atoms with Crippen LogP contribution in [0.4, 0.5) is 0 Å². The smallest absolute Gasteiger partial charge is 0.549 e. The molecular weight excluding hydrogens is 222 g/mol. The summed E-state index contributed by atoms with van der Waals surface area (Å²) in [5, 5.41) is 21.2. The number of rotatable bonds is 2. The molecule has 0 heterocycles. The second-order valence-electron chi connectivity index (χ2n) is 3.95. The van der Waals surface area contributed by atoms with Crippen molar-refractivity contribution in [2.45, 2.75) is 27.7 Å². The molecule has 0 amide bonds. The predicted molar refractivity (Wildman–Crippen MR) is 37.6 cm³/mol. The van der Waals surface area contributed by atoms with Crippen molar-refractivity contribution in [2.75, 3.05) is 0 Å². The van der Waals surface area contributed by atoms with Crippen LogP contribution in [0.1, 0.15) is 27.7 Å². The summed E-state index contributed by atoms with van der Waals surface area (Å²) in [4.78, 5) is 21.2. The van der Waals surface area contributed by atoms with E-state index < -0.39 is 22.8 Å². The monoisotopic (exact) mass is 234 g/mol. The maximum atomic E-state index is 10.6. The maximum absolute atomic E-state index is 10.6. The SMILES string of the molecule is CC(C)(C)C(C)(C(=O)[O-])C(=O)[O-].[K+].[Na+]. The number of aliphatic carboxylic acids is 2. The Hall–Kier alpha value is 1.58. The molecule has 0 aliphatic rings. The summed E-state index contributed by atoms with van der Waals surface area (Å²) < 4.78 is 0. The van der Waals surface area contributed by atoms with Gasteiger partial charge in [-0.1, -0.05) is 20.8 Å². The van der Waals surface area contributed by atoms with Crippen molar-refractivity contribution in [3.63, 3.8) is 0 Å². The van der Waals surface area contributed by atoms with Crippen LogP contribution in [0, 0.1) is 10.8 Å². The number of carboxylic acids is 2. The molecule has 4 nitrogen and oxygen atoms in total. The van der Waals surface area contributed by atoms with Gasteiger partial charge in [0, 0.05) is 0 Å². The Morgan fingerprint density at radius 1 is 0.929 bits per heavy atom. The summed E-state index contributed by atoms with van der Waals surface area (Å²) in [6.45, 7) is 5.63. The standard InChI is InChI=1S/C8H14O4.K.Na/c1-7(2,3)8(4,5(9)10)6(11)12;;/h1-4H3,(H,9,10)(H,11,12);;/q;2*+1/p-2. The summed E-state index contributed by atoms with van der Waals surface area (Å²) in [7, 11) is 0. The van der Waals surface area contributed by atoms with Gasteiger partial charge >= 0.3 is 80.9 Å². The topological polar surface area (TPSA) is 80.3 Å². The van der Waals surface area contributed by atoms with Crippen molar-refractivity contribution in [2.24, 2.45) is 10.8 Å². The first-order valence-electron chi connectivity index (χ1n) is 3.57. The van der Waals surface area contributed by atoms with E-state index in [0.29, 0.717) is 0 Å². The molecule has 0 saturated heterocycles. The van der Waals surface area contributed by atoms with Crippen LogP contribution in [0.2, 0.25) is 0 Å². The third-order valence-electron chi connectivity index (χ3n) is 2.32. The van der Waals surface area contributed by atoms with Gasteiger partial charge in [-0.3, -0.25) is 0 Å². The summed E-state index contributed by atoms with van der Waals surface area (Å²) in [6.07, 6.45) is 0. The molecule has 0 radical (unpaired) electrons. The predicted octanol–water partition coefficient (Wildman–Crippen LogP) is -7.45. The van der Waals surface area contributed by atoms with Gasteiger partial charge in [0.2, 0.25) is 0 Å². The van der Waals surface area contributed by atoms with Crippen molar-refractivity contribution in [3.05, 3.63) is 0 Å². The van der Waals surface area contributed by atoms with Crippen LogP contribution in [0.5, 0.6) is 0 Å². The van der Waals surface area contributed by atoms with E-state index in [2.05, 4.69) is 0 Å². The minimum atomic E-state index is -1.95. The van der Waals surface area contributed by atoms with Crippen LogP contribution >= 0.6 is 0 Å². The molecule has 70 valence electrons. The summed E-state index contributed by atoms with van der Waals surface area (Å²) in [6, 6.07) is 0. The van der Waals surface area contributed by atoms with Gasteiger partial charge < -0.3 is 19.8 Å². The average molecular weight is 234 g/mol. The Morgan fingerprint density at radius 3 is 1.14 bits per heavy atom. The third-order valence-corrected chi connectivity index (χ3v) is 2.32. The Kier molecular flexibility index (Phi) is 10.5. The fraction of sp³-hybridized carbons (Fsp3) is 0.750. The molecule has 0 unspecified atom stereocenters. The van der Waals surface area contributed by atoms with E-state index in [0.717, 1.165) is 6.92 Å². The Labute approximate surface area is 149 Å². The summed E-state index contributed by atoms with van der Waals surface area (Å²) in [5.41, 5.74) is -2.88. The van der Waals surface area contributed by atoms with E-state index in [9.17, 15) is 19.8 Å².